The first-order valence-electron chi connectivity index (χ1n) is 9.97. The normalized spacial score (nSPS) is 13.3. The van der Waals surface area contributed by atoms with Gasteiger partial charge in [0.05, 0.1) is 32.3 Å². The lowest BCUT2D eigenvalue weighted by Crippen LogP contribution is -2.14. The molecule has 32 heavy (non-hydrogen) atoms. The van der Waals surface area contributed by atoms with Crippen molar-refractivity contribution in [1.82, 2.24) is 19.5 Å². The first-order chi connectivity index (χ1) is 15.3. The Labute approximate surface area is 184 Å². The molecule has 2 aromatic heterocycles. The number of nitrogens with two attached hydrogens (primary N) is 1. The molecule has 12 heteroatoms. The number of H-pyrrole nitrogens is 1. The van der Waals surface area contributed by atoms with Crippen molar-refractivity contribution in [2.75, 3.05) is 31.7 Å². The number of hydrogen-bond donors (Lipinski definition) is 2. The van der Waals surface area contributed by atoms with Gasteiger partial charge in [-0.25, -0.2) is 4.98 Å². The monoisotopic (exact) mass is 463 g/mol. The fourth-order valence-electron chi connectivity index (χ4n) is 2.79. The number of nitrogens with one attached hydrogen (secondary N) is 1. The van der Waals surface area contributed by atoms with Crippen molar-refractivity contribution in [3.05, 3.63) is 52.1 Å². The van der Waals surface area contributed by atoms with Crippen molar-refractivity contribution in [3.63, 3.8) is 0 Å². The van der Waals surface area contributed by atoms with Gasteiger partial charge >= 0.3 is 7.60 Å². The number of carbonyl (C=O) groups is 1. The molecule has 0 aliphatic carbocycles. The maximum atomic E-state index is 13.0. The lowest BCUT2D eigenvalue weighted by atomic mass is 10.2. The molecule has 3 rings (SSSR count). The fourth-order valence-corrected chi connectivity index (χ4v) is 4.20. The Kier molecular flexibility index (Phi) is 7.92. The van der Waals surface area contributed by atoms with Crippen LogP contribution in [0.2, 0.25) is 0 Å². The SMILES string of the molecule is CC(=O)COP(=O)(CCOCCn1cnc2c(=O)[nH]c(N)nc21)OCc1ccc(C)cc1. The van der Waals surface area contributed by atoms with Gasteiger partial charge < -0.3 is 24.1 Å². The molecular weight excluding hydrogens is 437 g/mol. The number of carbonyl (C=O) groups excluding carboxylic acids is 1. The Morgan fingerprint density at radius 3 is 2.69 bits per heavy atom. The highest BCUT2D eigenvalue weighted by molar-refractivity contribution is 7.53. The topological polar surface area (TPSA) is 151 Å². The van der Waals surface area contributed by atoms with Gasteiger partial charge in [0.25, 0.3) is 5.56 Å². The Bertz CT molecular complexity index is 1170. The second kappa shape index (κ2) is 10.6. The van der Waals surface area contributed by atoms with E-state index in [2.05, 4.69) is 15.0 Å². The van der Waals surface area contributed by atoms with Crippen molar-refractivity contribution < 1.29 is 23.1 Å². The largest absolute Gasteiger partial charge is 0.379 e. The number of imidazole rings is 1. The lowest BCUT2D eigenvalue weighted by Gasteiger charge is -2.18. The Morgan fingerprint density at radius 1 is 1.22 bits per heavy atom. The summed E-state index contributed by atoms with van der Waals surface area (Å²) < 4.78 is 31.1. The zero-order valence-corrected chi connectivity index (χ0v) is 18.8. The van der Waals surface area contributed by atoms with Crippen LogP contribution < -0.4 is 11.3 Å². The van der Waals surface area contributed by atoms with Crippen LogP contribution in [0.25, 0.3) is 11.2 Å². The van der Waals surface area contributed by atoms with Gasteiger partial charge in [-0.15, -0.1) is 0 Å². The molecule has 1 aromatic carbocycles. The maximum Gasteiger partial charge on any atom is 0.333 e. The van der Waals surface area contributed by atoms with E-state index in [1.165, 1.54) is 13.3 Å². The van der Waals surface area contributed by atoms with Gasteiger partial charge in [0.15, 0.2) is 16.9 Å². The third kappa shape index (κ3) is 6.57. The van der Waals surface area contributed by atoms with Crippen LogP contribution in [0.15, 0.2) is 35.4 Å². The summed E-state index contributed by atoms with van der Waals surface area (Å²) in [5.41, 5.74) is 7.65. The molecule has 0 amide bonds. The minimum atomic E-state index is -3.54. The molecule has 1 unspecified atom stereocenters. The van der Waals surface area contributed by atoms with Crippen molar-refractivity contribution in [2.24, 2.45) is 0 Å². The number of hydrogen-bond acceptors (Lipinski definition) is 9. The molecular formula is C20H26N5O6P. The van der Waals surface area contributed by atoms with Crippen LogP contribution in [-0.4, -0.2) is 51.3 Å². The number of benzene rings is 1. The molecule has 0 radical (unpaired) electrons. The Morgan fingerprint density at radius 2 is 1.97 bits per heavy atom. The fraction of sp³-hybridized carbons (Fsp3) is 0.400. The quantitative estimate of drug-likeness (QED) is 0.304. The van der Waals surface area contributed by atoms with Crippen LogP contribution in [-0.2, 0) is 36.3 Å². The second-order valence-electron chi connectivity index (χ2n) is 7.24. The van der Waals surface area contributed by atoms with Crippen molar-refractivity contribution in [2.45, 2.75) is 27.0 Å². The zero-order chi connectivity index (χ0) is 23.1. The first-order valence-corrected chi connectivity index (χ1v) is 11.7. The molecule has 0 aliphatic rings. The van der Waals surface area contributed by atoms with Gasteiger partial charge in [-0.2, -0.15) is 4.98 Å². The summed E-state index contributed by atoms with van der Waals surface area (Å²) in [6, 6.07) is 7.61. The number of nitrogen functional groups attached to an aromatic ring is 1. The van der Waals surface area contributed by atoms with Gasteiger partial charge in [0, 0.05) is 6.54 Å². The number of rotatable bonds is 12. The molecule has 11 nitrogen and oxygen atoms in total. The van der Waals surface area contributed by atoms with E-state index in [0.29, 0.717) is 12.2 Å². The number of ether oxygens (including phenoxy) is 1. The van der Waals surface area contributed by atoms with E-state index in [9.17, 15) is 14.2 Å². The highest BCUT2D eigenvalue weighted by Gasteiger charge is 2.25. The molecule has 1 atom stereocenters. The number of nitrogens with zero attached hydrogens (tertiary/aromatic N) is 3. The van der Waals surface area contributed by atoms with E-state index >= 15 is 0 Å². The van der Waals surface area contributed by atoms with Gasteiger partial charge in [0.2, 0.25) is 5.95 Å². The molecule has 172 valence electrons. The van der Waals surface area contributed by atoms with Gasteiger partial charge in [-0.1, -0.05) is 29.8 Å². The minimum Gasteiger partial charge on any atom is -0.379 e. The third-order valence-corrected chi connectivity index (χ3v) is 6.27. The van der Waals surface area contributed by atoms with Gasteiger partial charge in [-0.05, 0) is 19.4 Å². The number of fused-ring (bicyclic) bond motifs is 1. The predicted molar refractivity (Wildman–Crippen MR) is 118 cm³/mol. The molecule has 0 fully saturated rings. The standard InChI is InChI=1S/C20H26N5O6P/c1-14-3-5-16(6-4-14)12-31-32(28,30-11-15(2)26)10-9-29-8-7-25-13-22-17-18(25)23-20(21)24-19(17)27/h3-6,13H,7-12H2,1-2H3,(H3,21,23,24,27). The van der Waals surface area contributed by atoms with E-state index in [-0.39, 0.29) is 49.8 Å². The highest BCUT2D eigenvalue weighted by atomic mass is 31.2. The number of ketones is 1. The van der Waals surface area contributed by atoms with Crippen LogP contribution >= 0.6 is 7.60 Å². The predicted octanol–water partition coefficient (Wildman–Crippen LogP) is 2.04. The zero-order valence-electron chi connectivity index (χ0n) is 17.9. The lowest BCUT2D eigenvalue weighted by molar-refractivity contribution is -0.119. The highest BCUT2D eigenvalue weighted by Crippen LogP contribution is 2.48. The maximum absolute atomic E-state index is 13.0. The van der Waals surface area contributed by atoms with Gasteiger partial charge in [-0.3, -0.25) is 19.1 Å². The van der Waals surface area contributed by atoms with E-state index < -0.39 is 13.2 Å². The molecule has 0 bridgehead atoms. The summed E-state index contributed by atoms with van der Waals surface area (Å²) in [6.45, 7) is 3.80. The summed E-state index contributed by atoms with van der Waals surface area (Å²) in [5.74, 6) is -0.252. The molecule has 0 saturated carbocycles. The van der Waals surface area contributed by atoms with Crippen molar-refractivity contribution in [1.29, 1.82) is 0 Å². The average Bonchev–Trinajstić information content (AvgIpc) is 3.15. The molecule has 0 saturated heterocycles. The molecule has 0 aliphatic heterocycles. The second-order valence-corrected chi connectivity index (χ2v) is 9.43. The smallest absolute Gasteiger partial charge is 0.333 e. The van der Waals surface area contributed by atoms with E-state index in [1.54, 1.807) is 4.57 Å². The van der Waals surface area contributed by atoms with Crippen LogP contribution in [0.4, 0.5) is 5.95 Å². The van der Waals surface area contributed by atoms with Gasteiger partial charge in [0.1, 0.15) is 6.61 Å². The summed E-state index contributed by atoms with van der Waals surface area (Å²) in [6.07, 6.45) is 1.46. The minimum absolute atomic E-state index is 0.000507. The van der Waals surface area contributed by atoms with Crippen molar-refractivity contribution >= 4 is 30.5 Å². The Balaban J connectivity index is 1.53. The van der Waals surface area contributed by atoms with Crippen LogP contribution in [0.1, 0.15) is 18.1 Å². The number of aromatic amines is 1. The summed E-state index contributed by atoms with van der Waals surface area (Å²) in [4.78, 5) is 33.6. The van der Waals surface area contributed by atoms with Crippen LogP contribution in [0, 0.1) is 6.92 Å². The molecule has 2 heterocycles. The summed E-state index contributed by atoms with van der Waals surface area (Å²) in [7, 11) is -3.54. The number of aryl methyl sites for hydroxylation is 1. The summed E-state index contributed by atoms with van der Waals surface area (Å²) >= 11 is 0. The van der Waals surface area contributed by atoms with Crippen LogP contribution in [0.5, 0.6) is 0 Å². The van der Waals surface area contributed by atoms with Crippen molar-refractivity contribution in [3.8, 4) is 0 Å². The number of Topliss-reactive ketones (excluding diaryl/α,β-unsaturated/α-hetero) is 1. The molecule has 0 spiro atoms. The number of anilines is 1. The van der Waals surface area contributed by atoms with Crippen LogP contribution in [0.3, 0.4) is 0 Å². The molecule has 3 aromatic rings. The average molecular weight is 463 g/mol. The number of aromatic nitrogens is 4. The summed E-state index contributed by atoms with van der Waals surface area (Å²) in [5, 5.41) is 0. The first kappa shape index (κ1) is 23.8. The third-order valence-electron chi connectivity index (χ3n) is 4.49. The Hall–Kier alpha value is -2.85. The molecule has 3 N–H and O–H groups in total. The van der Waals surface area contributed by atoms with E-state index in [4.69, 9.17) is 19.5 Å². The van der Waals surface area contributed by atoms with E-state index in [0.717, 1.165) is 11.1 Å². The van der Waals surface area contributed by atoms with E-state index in [1.807, 2.05) is 31.2 Å².